The molecule has 134 valence electrons. The molecule has 2 atom stereocenters. The Bertz CT molecular complexity index is 675. The third-order valence-corrected chi connectivity index (χ3v) is 5.37. The van der Waals surface area contributed by atoms with Crippen molar-refractivity contribution < 1.29 is 22.1 Å². The molecule has 1 saturated heterocycles. The molecule has 1 aromatic rings. The van der Waals surface area contributed by atoms with E-state index in [0.29, 0.717) is 11.4 Å². The van der Waals surface area contributed by atoms with Crippen molar-refractivity contribution in [3.8, 4) is 0 Å². The van der Waals surface area contributed by atoms with Crippen LogP contribution in [0.4, 0.5) is 0 Å². The zero-order valence-corrected chi connectivity index (χ0v) is 14.9. The second kappa shape index (κ2) is 7.27. The lowest BCUT2D eigenvalue weighted by Crippen LogP contribution is -2.34. The Labute approximate surface area is 147 Å². The van der Waals surface area contributed by atoms with Gasteiger partial charge in [-0.2, -0.15) is 8.42 Å². The predicted molar refractivity (Wildman–Crippen MR) is 89.8 cm³/mol. The van der Waals surface area contributed by atoms with Crippen molar-refractivity contribution in [2.75, 3.05) is 6.61 Å². The Kier molecular flexibility index (Phi) is 5.48. The monoisotopic (exact) mass is 375 g/mol. The molecule has 0 amide bonds. The van der Waals surface area contributed by atoms with Crippen LogP contribution in [0.2, 0.25) is 5.02 Å². The van der Waals surface area contributed by atoms with Crippen molar-refractivity contribution in [1.29, 1.82) is 0 Å². The summed E-state index contributed by atoms with van der Waals surface area (Å²) in [4.78, 5) is 0. The van der Waals surface area contributed by atoms with Crippen molar-refractivity contribution >= 4 is 21.9 Å². The molecule has 6 nitrogen and oxygen atoms in total. The van der Waals surface area contributed by atoms with Gasteiger partial charge in [0.15, 0.2) is 5.79 Å². The number of hydrogen-bond acceptors (Lipinski definition) is 5. The SMILES string of the molecule is NS(=O)(=O)OC[C@H]1OC2(CCCCC2)O[C@@H]1Cc1ccccc1Cl. The lowest BCUT2D eigenvalue weighted by atomic mass is 9.94. The summed E-state index contributed by atoms with van der Waals surface area (Å²) in [5, 5.41) is 5.59. The number of benzene rings is 1. The van der Waals surface area contributed by atoms with E-state index in [0.717, 1.165) is 37.7 Å². The molecule has 0 radical (unpaired) electrons. The summed E-state index contributed by atoms with van der Waals surface area (Å²) in [5.74, 6) is -0.642. The standard InChI is InChI=1S/C16H22ClNO5S/c17-13-7-3-2-6-12(13)10-14-15(11-21-24(18,19)20)23-16(22-14)8-4-1-5-9-16/h2-3,6-7,14-15H,1,4-5,8-11H2,(H2,18,19,20)/t14-,15-/m1/s1. The highest BCUT2D eigenvalue weighted by atomic mass is 35.5. The molecule has 24 heavy (non-hydrogen) atoms. The van der Waals surface area contributed by atoms with E-state index in [-0.39, 0.29) is 12.7 Å². The van der Waals surface area contributed by atoms with Crippen molar-refractivity contribution in [3.05, 3.63) is 34.9 Å². The van der Waals surface area contributed by atoms with Crippen LogP contribution in [-0.4, -0.2) is 33.0 Å². The first kappa shape index (κ1) is 18.1. The van der Waals surface area contributed by atoms with Crippen LogP contribution in [-0.2, 0) is 30.4 Å². The van der Waals surface area contributed by atoms with E-state index in [1.807, 2.05) is 24.3 Å². The maximum Gasteiger partial charge on any atom is 0.333 e. The fraction of sp³-hybridized carbons (Fsp3) is 0.625. The first-order valence-corrected chi connectivity index (χ1v) is 9.98. The minimum atomic E-state index is -4.02. The van der Waals surface area contributed by atoms with Gasteiger partial charge in [-0.1, -0.05) is 36.2 Å². The Morgan fingerprint density at radius 2 is 1.83 bits per heavy atom. The van der Waals surface area contributed by atoms with Crippen LogP contribution in [0.1, 0.15) is 37.7 Å². The molecule has 1 heterocycles. The molecule has 1 spiro atoms. The van der Waals surface area contributed by atoms with E-state index in [1.165, 1.54) is 0 Å². The summed E-state index contributed by atoms with van der Waals surface area (Å²) in [5.41, 5.74) is 0.932. The second-order valence-corrected chi connectivity index (χ2v) is 7.99. The van der Waals surface area contributed by atoms with Gasteiger partial charge in [0.2, 0.25) is 0 Å². The van der Waals surface area contributed by atoms with Crippen LogP contribution in [0, 0.1) is 0 Å². The average Bonchev–Trinajstić information content (AvgIpc) is 2.85. The molecule has 3 rings (SSSR count). The van der Waals surface area contributed by atoms with Gasteiger partial charge in [0.05, 0.1) is 12.7 Å². The molecule has 0 unspecified atom stereocenters. The lowest BCUT2D eigenvalue weighted by Gasteiger charge is -2.32. The van der Waals surface area contributed by atoms with Crippen molar-refractivity contribution in [2.45, 2.75) is 56.5 Å². The molecule has 1 aromatic carbocycles. The molecule has 1 saturated carbocycles. The third-order valence-electron chi connectivity index (χ3n) is 4.54. The number of rotatable bonds is 5. The van der Waals surface area contributed by atoms with Gasteiger partial charge in [0, 0.05) is 24.3 Å². The molecule has 0 aromatic heterocycles. The number of hydrogen-bond donors (Lipinski definition) is 1. The molecule has 1 aliphatic carbocycles. The molecule has 0 bridgehead atoms. The van der Waals surface area contributed by atoms with Gasteiger partial charge in [-0.15, -0.1) is 0 Å². The molecule has 2 N–H and O–H groups in total. The zero-order chi connectivity index (χ0) is 17.2. The first-order chi connectivity index (χ1) is 11.4. The van der Waals surface area contributed by atoms with Gasteiger partial charge < -0.3 is 9.47 Å². The largest absolute Gasteiger partial charge is 0.344 e. The first-order valence-electron chi connectivity index (χ1n) is 8.13. The summed E-state index contributed by atoms with van der Waals surface area (Å²) in [6.45, 7) is -0.157. The van der Waals surface area contributed by atoms with E-state index in [1.54, 1.807) is 0 Å². The van der Waals surface area contributed by atoms with Crippen molar-refractivity contribution in [2.24, 2.45) is 5.14 Å². The second-order valence-electron chi connectivity index (χ2n) is 6.36. The van der Waals surface area contributed by atoms with E-state index in [2.05, 4.69) is 0 Å². The number of halogens is 1. The molecule has 2 aliphatic rings. The van der Waals surface area contributed by atoms with Gasteiger partial charge in [-0.3, -0.25) is 4.18 Å². The van der Waals surface area contributed by atoms with Crippen LogP contribution >= 0.6 is 11.6 Å². The summed E-state index contributed by atoms with van der Waals surface area (Å²) in [7, 11) is -4.02. The zero-order valence-electron chi connectivity index (χ0n) is 13.3. The van der Waals surface area contributed by atoms with E-state index in [9.17, 15) is 8.42 Å². The van der Waals surface area contributed by atoms with Gasteiger partial charge in [-0.25, -0.2) is 5.14 Å². The number of ether oxygens (including phenoxy) is 2. The minimum absolute atomic E-state index is 0.157. The third kappa shape index (κ3) is 4.47. The fourth-order valence-corrected chi connectivity index (χ4v) is 3.95. The summed E-state index contributed by atoms with van der Waals surface area (Å²) in [6.07, 6.45) is 4.52. The smallest absolute Gasteiger partial charge is 0.333 e. The predicted octanol–water partition coefficient (Wildman–Crippen LogP) is 2.55. The van der Waals surface area contributed by atoms with E-state index < -0.39 is 22.2 Å². The molecular weight excluding hydrogens is 354 g/mol. The van der Waals surface area contributed by atoms with Crippen LogP contribution in [0.25, 0.3) is 0 Å². The van der Waals surface area contributed by atoms with E-state index >= 15 is 0 Å². The minimum Gasteiger partial charge on any atom is -0.344 e. The van der Waals surface area contributed by atoms with Crippen LogP contribution < -0.4 is 5.14 Å². The highest BCUT2D eigenvalue weighted by Crippen LogP contribution is 2.41. The highest BCUT2D eigenvalue weighted by Gasteiger charge is 2.48. The Morgan fingerprint density at radius 1 is 1.17 bits per heavy atom. The average molecular weight is 376 g/mol. The van der Waals surface area contributed by atoms with Gasteiger partial charge in [0.25, 0.3) is 0 Å². The normalized spacial score (nSPS) is 26.8. The van der Waals surface area contributed by atoms with Crippen LogP contribution in [0.15, 0.2) is 24.3 Å². The Morgan fingerprint density at radius 3 is 2.50 bits per heavy atom. The Balaban J connectivity index is 1.76. The topological polar surface area (TPSA) is 87.9 Å². The summed E-state index contributed by atoms with van der Waals surface area (Å²) < 4.78 is 39.3. The quantitative estimate of drug-likeness (QED) is 0.854. The van der Waals surface area contributed by atoms with E-state index in [4.69, 9.17) is 30.4 Å². The molecule has 8 heteroatoms. The maximum absolute atomic E-state index is 11.1. The van der Waals surface area contributed by atoms with Crippen LogP contribution in [0.5, 0.6) is 0 Å². The van der Waals surface area contributed by atoms with Gasteiger partial charge in [0.1, 0.15) is 6.10 Å². The summed E-state index contributed by atoms with van der Waals surface area (Å²) in [6, 6.07) is 7.51. The van der Waals surface area contributed by atoms with Gasteiger partial charge in [-0.05, 0) is 24.5 Å². The van der Waals surface area contributed by atoms with Crippen LogP contribution in [0.3, 0.4) is 0 Å². The number of nitrogens with two attached hydrogens (primary N) is 1. The van der Waals surface area contributed by atoms with Crippen molar-refractivity contribution in [3.63, 3.8) is 0 Å². The lowest BCUT2D eigenvalue weighted by molar-refractivity contribution is -0.195. The Hall–Kier alpha value is -0.700. The highest BCUT2D eigenvalue weighted by molar-refractivity contribution is 7.84. The molecule has 2 fully saturated rings. The molecular formula is C16H22ClNO5S. The molecule has 1 aliphatic heterocycles. The van der Waals surface area contributed by atoms with Crippen molar-refractivity contribution in [1.82, 2.24) is 0 Å². The fourth-order valence-electron chi connectivity index (χ4n) is 3.41. The summed E-state index contributed by atoms with van der Waals surface area (Å²) >= 11 is 6.23. The maximum atomic E-state index is 11.1. The van der Waals surface area contributed by atoms with Gasteiger partial charge >= 0.3 is 10.3 Å².